The average molecular weight is 487 g/mol. The monoisotopic (exact) mass is 486 g/mol. The highest BCUT2D eigenvalue weighted by atomic mass is 32.2. The molecule has 1 N–H and O–H groups in total. The van der Waals surface area contributed by atoms with Crippen LogP contribution in [-0.2, 0) is 23.1 Å². The molecule has 0 spiro atoms. The molecule has 0 radical (unpaired) electrons. The molecule has 1 aliphatic rings. The average Bonchev–Trinajstić information content (AvgIpc) is 3.14. The second kappa shape index (κ2) is 7.74. The van der Waals surface area contributed by atoms with Crippen molar-refractivity contribution in [3.63, 3.8) is 0 Å². The Morgan fingerprint density at radius 2 is 1.82 bits per heavy atom. The van der Waals surface area contributed by atoms with Gasteiger partial charge in [0.05, 0.1) is 28.0 Å². The normalized spacial score (nSPS) is 15.1. The molecule has 1 saturated carbocycles. The molecular weight excluding hydrogens is 464 g/mol. The van der Waals surface area contributed by atoms with Crippen LogP contribution < -0.4 is 16.0 Å². The maximum absolute atomic E-state index is 13.4. The molecule has 5 rings (SSSR count). The van der Waals surface area contributed by atoms with Crippen LogP contribution in [0.5, 0.6) is 0 Å². The van der Waals surface area contributed by atoms with Gasteiger partial charge in [0.2, 0.25) is 15.9 Å². The zero-order valence-electron chi connectivity index (χ0n) is 18.7. The smallest absolute Gasteiger partial charge is 0.332 e. The van der Waals surface area contributed by atoms with Gasteiger partial charge in [0.15, 0.2) is 11.6 Å². The number of rotatable bonds is 7. The number of aryl methyl sites for hydroxylation is 2. The van der Waals surface area contributed by atoms with E-state index in [0.29, 0.717) is 17.3 Å². The first kappa shape index (κ1) is 22.2. The van der Waals surface area contributed by atoms with E-state index < -0.39 is 26.8 Å². The molecule has 12 nitrogen and oxygen atoms in total. The number of benzene rings is 1. The number of fused-ring (bicyclic) bond motifs is 1. The first-order chi connectivity index (χ1) is 16.0. The van der Waals surface area contributed by atoms with Crippen molar-refractivity contribution in [2.24, 2.45) is 0 Å². The molecule has 0 amide bonds. The number of hydrogen-bond donors (Lipinski definition) is 1. The van der Waals surface area contributed by atoms with Crippen LogP contribution in [0.15, 0.2) is 47.8 Å². The van der Waals surface area contributed by atoms with E-state index in [1.807, 2.05) is 6.92 Å². The Bertz CT molecular complexity index is 1640. The minimum absolute atomic E-state index is 0.0518. The molecule has 4 aromatic rings. The largest absolute Gasteiger partial charge is 0.359 e. The quantitative estimate of drug-likeness (QED) is 0.404. The highest BCUT2D eigenvalue weighted by Crippen LogP contribution is 2.36. The summed E-state index contributed by atoms with van der Waals surface area (Å²) in [5.74, 6) is 0.871. The van der Waals surface area contributed by atoms with Crippen molar-refractivity contribution in [2.45, 2.75) is 57.1 Å². The summed E-state index contributed by atoms with van der Waals surface area (Å²) in [4.78, 5) is 30.8. The van der Waals surface area contributed by atoms with Crippen LogP contribution in [0, 0.1) is 13.8 Å². The minimum atomic E-state index is -3.87. The lowest BCUT2D eigenvalue weighted by Gasteiger charge is -2.15. The van der Waals surface area contributed by atoms with Gasteiger partial charge in [0, 0.05) is 11.6 Å². The highest BCUT2D eigenvalue weighted by Gasteiger charge is 2.41. The molecular formula is C21H22N6O6S. The third-order valence-electron chi connectivity index (χ3n) is 5.74. The van der Waals surface area contributed by atoms with E-state index in [2.05, 4.69) is 20.0 Å². The topological polar surface area (TPSA) is 155 Å². The molecule has 0 saturated heterocycles. The Labute approximate surface area is 193 Å². The van der Waals surface area contributed by atoms with Gasteiger partial charge >= 0.3 is 5.69 Å². The fraction of sp³-hybridized carbons (Fsp3) is 0.381. The molecule has 34 heavy (non-hydrogen) atoms. The van der Waals surface area contributed by atoms with Gasteiger partial charge in [-0.15, -0.1) is 0 Å². The number of nitrogens with zero attached hydrogens (tertiary/aromatic N) is 5. The lowest BCUT2D eigenvalue weighted by Crippen LogP contribution is -2.40. The van der Waals surface area contributed by atoms with E-state index in [1.54, 1.807) is 19.9 Å². The van der Waals surface area contributed by atoms with Crippen molar-refractivity contribution < 1.29 is 17.5 Å². The lowest BCUT2D eigenvalue weighted by atomic mass is 10.2. The molecule has 0 aliphatic heterocycles. The van der Waals surface area contributed by atoms with Crippen LogP contribution in [0.2, 0.25) is 0 Å². The summed E-state index contributed by atoms with van der Waals surface area (Å²) in [5, 5.41) is 7.58. The summed E-state index contributed by atoms with van der Waals surface area (Å²) in [6.07, 6.45) is 1.48. The summed E-state index contributed by atoms with van der Waals surface area (Å²) >= 11 is 0. The van der Waals surface area contributed by atoms with Crippen molar-refractivity contribution in [1.29, 1.82) is 0 Å². The Kier molecular flexibility index (Phi) is 5.06. The standard InChI is InChI=1S/C21H22N6O6S/c1-12-8-14(32-23-12)10-27-19(28)16-9-15(34(30,31)25-21(3)6-7-21)4-5-17(16)26(20(27)29)11-18-22-13(2)24-33-18/h4-5,8-9,25H,6-7,10-11H2,1-3H3. The van der Waals surface area contributed by atoms with E-state index in [0.717, 1.165) is 17.4 Å². The third kappa shape index (κ3) is 4.07. The Morgan fingerprint density at radius 1 is 1.06 bits per heavy atom. The highest BCUT2D eigenvalue weighted by molar-refractivity contribution is 7.89. The van der Waals surface area contributed by atoms with E-state index in [1.165, 1.54) is 22.8 Å². The fourth-order valence-corrected chi connectivity index (χ4v) is 5.21. The van der Waals surface area contributed by atoms with Crippen LogP contribution in [0.1, 0.15) is 42.9 Å². The summed E-state index contributed by atoms with van der Waals surface area (Å²) in [5.41, 5.74) is -0.929. The molecule has 0 unspecified atom stereocenters. The summed E-state index contributed by atoms with van der Waals surface area (Å²) in [6, 6.07) is 5.70. The Hall–Kier alpha value is -3.58. The van der Waals surface area contributed by atoms with Gasteiger partial charge in [0.25, 0.3) is 5.56 Å². The van der Waals surface area contributed by atoms with Crippen LogP contribution >= 0.6 is 0 Å². The summed E-state index contributed by atoms with van der Waals surface area (Å²) in [6.45, 7) is 4.91. The fourth-order valence-electron chi connectivity index (χ4n) is 3.72. The van der Waals surface area contributed by atoms with E-state index >= 15 is 0 Å². The van der Waals surface area contributed by atoms with Crippen molar-refractivity contribution in [3.05, 3.63) is 68.3 Å². The molecule has 1 aliphatic carbocycles. The van der Waals surface area contributed by atoms with Crippen molar-refractivity contribution in [3.8, 4) is 0 Å². The van der Waals surface area contributed by atoms with Crippen molar-refractivity contribution in [2.75, 3.05) is 0 Å². The number of nitrogens with one attached hydrogen (secondary N) is 1. The zero-order chi connectivity index (χ0) is 24.3. The molecule has 13 heteroatoms. The predicted octanol–water partition coefficient (Wildman–Crippen LogP) is 1.08. The van der Waals surface area contributed by atoms with E-state index in [-0.39, 0.29) is 34.8 Å². The minimum Gasteiger partial charge on any atom is -0.359 e. The molecule has 1 aromatic carbocycles. The molecule has 178 valence electrons. The third-order valence-corrected chi connectivity index (χ3v) is 7.38. The maximum Gasteiger partial charge on any atom is 0.332 e. The van der Waals surface area contributed by atoms with Gasteiger partial charge in [-0.3, -0.25) is 13.9 Å². The number of sulfonamides is 1. The van der Waals surface area contributed by atoms with E-state index in [9.17, 15) is 18.0 Å². The SMILES string of the molecule is Cc1cc(Cn2c(=O)c3cc(S(=O)(=O)NC4(C)CC4)ccc3n(Cc3nc(C)no3)c2=O)on1. The van der Waals surface area contributed by atoms with Gasteiger partial charge in [0.1, 0.15) is 6.54 Å². The first-order valence-electron chi connectivity index (χ1n) is 10.6. The van der Waals surface area contributed by atoms with Crippen LogP contribution in [0.25, 0.3) is 10.9 Å². The van der Waals surface area contributed by atoms with Crippen LogP contribution in [0.4, 0.5) is 0 Å². The Morgan fingerprint density at radius 3 is 2.44 bits per heavy atom. The van der Waals surface area contributed by atoms with Gasteiger partial charge in [-0.25, -0.2) is 17.9 Å². The number of hydrogen-bond acceptors (Lipinski definition) is 9. The van der Waals surface area contributed by atoms with Gasteiger partial charge in [-0.05, 0) is 51.8 Å². The van der Waals surface area contributed by atoms with Gasteiger partial charge in [-0.2, -0.15) is 4.98 Å². The molecule has 0 bridgehead atoms. The van der Waals surface area contributed by atoms with Crippen LogP contribution in [0.3, 0.4) is 0 Å². The number of aromatic nitrogens is 5. The molecule has 3 aromatic heterocycles. The van der Waals surface area contributed by atoms with Crippen molar-refractivity contribution in [1.82, 2.24) is 29.2 Å². The lowest BCUT2D eigenvalue weighted by molar-refractivity contribution is 0.360. The first-order valence-corrected chi connectivity index (χ1v) is 12.1. The molecule has 3 heterocycles. The maximum atomic E-state index is 13.4. The second-order valence-corrected chi connectivity index (χ2v) is 10.5. The predicted molar refractivity (Wildman–Crippen MR) is 119 cm³/mol. The summed E-state index contributed by atoms with van der Waals surface area (Å²) in [7, 11) is -3.87. The van der Waals surface area contributed by atoms with Gasteiger partial charge < -0.3 is 9.05 Å². The van der Waals surface area contributed by atoms with E-state index in [4.69, 9.17) is 9.05 Å². The Balaban J connectivity index is 1.69. The van der Waals surface area contributed by atoms with Gasteiger partial charge in [-0.1, -0.05) is 10.3 Å². The zero-order valence-corrected chi connectivity index (χ0v) is 19.5. The molecule has 1 fully saturated rings. The van der Waals surface area contributed by atoms with Crippen LogP contribution in [-0.4, -0.2) is 38.4 Å². The summed E-state index contributed by atoms with van der Waals surface area (Å²) < 4.78 is 41.1. The second-order valence-electron chi connectivity index (χ2n) is 8.78. The molecule has 0 atom stereocenters. The van der Waals surface area contributed by atoms with Crippen molar-refractivity contribution >= 4 is 20.9 Å².